The van der Waals surface area contributed by atoms with Gasteiger partial charge in [0, 0.05) is 26.2 Å². The second-order valence-corrected chi connectivity index (χ2v) is 9.67. The average molecular weight is 550 g/mol. The third-order valence-corrected chi connectivity index (χ3v) is 6.66. The fourth-order valence-corrected chi connectivity index (χ4v) is 4.50. The fraction of sp³-hybridized carbons (Fsp3) is 0.227. The van der Waals surface area contributed by atoms with E-state index in [-0.39, 0.29) is 27.9 Å². The maximum Gasteiger partial charge on any atom is 0.416 e. The van der Waals surface area contributed by atoms with Crippen molar-refractivity contribution in [3.63, 3.8) is 0 Å². The molecular formula is C22H21ClF5N5O2S. The maximum atomic E-state index is 14.9. The topological polar surface area (TPSA) is 86.4 Å². The normalized spacial score (nSPS) is 11.9. The first-order valence-corrected chi connectivity index (χ1v) is 12.2. The van der Waals surface area contributed by atoms with Crippen molar-refractivity contribution in [2.45, 2.75) is 11.1 Å². The Morgan fingerprint density at radius 2 is 1.78 bits per heavy atom. The van der Waals surface area contributed by atoms with Gasteiger partial charge in [-0.25, -0.2) is 22.2 Å². The number of alkyl halides is 3. The van der Waals surface area contributed by atoms with Crippen LogP contribution in [0.25, 0.3) is 0 Å². The Morgan fingerprint density at radius 1 is 1.06 bits per heavy atom. The Kier molecular flexibility index (Phi) is 8.26. The second kappa shape index (κ2) is 10.8. The molecule has 0 saturated heterocycles. The number of aromatic nitrogens is 1. The molecule has 194 valence electrons. The number of anilines is 4. The van der Waals surface area contributed by atoms with Gasteiger partial charge in [0.2, 0.25) is 0 Å². The molecular weight excluding hydrogens is 529 g/mol. The standard InChI is InChI=1S/C22H21ClF5N5O2S/c1-29-7-8-33(2)19-9-13(22(26,27)28)3-5-17(19)31-18-11-16(25)20(10-15(18)23)36(34,35)32-21-6-4-14(24)12-30-21/h3-6,9-12,29,31H,7-8H2,1-2H3,(H,30,32). The zero-order valence-corrected chi connectivity index (χ0v) is 20.5. The highest BCUT2D eigenvalue weighted by atomic mass is 35.5. The molecule has 2 aromatic carbocycles. The molecule has 0 aliphatic rings. The molecule has 0 spiro atoms. The number of halogens is 6. The molecule has 14 heteroatoms. The lowest BCUT2D eigenvalue weighted by molar-refractivity contribution is -0.137. The monoisotopic (exact) mass is 549 g/mol. The first-order valence-electron chi connectivity index (χ1n) is 10.3. The van der Waals surface area contributed by atoms with Crippen LogP contribution in [0.1, 0.15) is 5.56 Å². The van der Waals surface area contributed by atoms with Crippen LogP contribution in [0.2, 0.25) is 5.02 Å². The SMILES string of the molecule is CNCCN(C)c1cc(C(F)(F)F)ccc1Nc1cc(F)c(S(=O)(=O)Nc2ccc(F)cn2)cc1Cl. The average Bonchev–Trinajstić information content (AvgIpc) is 2.80. The predicted molar refractivity (Wildman–Crippen MR) is 128 cm³/mol. The van der Waals surface area contributed by atoms with Gasteiger partial charge in [-0.15, -0.1) is 0 Å². The molecule has 0 atom stereocenters. The van der Waals surface area contributed by atoms with Crippen molar-refractivity contribution >= 4 is 44.5 Å². The molecule has 0 amide bonds. The lowest BCUT2D eigenvalue weighted by atomic mass is 10.1. The number of hydrogen-bond acceptors (Lipinski definition) is 6. The summed E-state index contributed by atoms with van der Waals surface area (Å²) < 4.78 is 95.0. The molecule has 0 fully saturated rings. The zero-order chi connectivity index (χ0) is 26.7. The van der Waals surface area contributed by atoms with E-state index in [1.165, 1.54) is 6.07 Å². The summed E-state index contributed by atoms with van der Waals surface area (Å²) in [5.41, 5.74) is -0.598. The van der Waals surface area contributed by atoms with E-state index in [0.29, 0.717) is 13.1 Å². The molecule has 0 aliphatic heterocycles. The Balaban J connectivity index is 1.95. The first-order chi connectivity index (χ1) is 16.8. The van der Waals surface area contributed by atoms with Crippen LogP contribution in [-0.4, -0.2) is 40.6 Å². The van der Waals surface area contributed by atoms with Gasteiger partial charge in [-0.3, -0.25) is 4.72 Å². The maximum absolute atomic E-state index is 14.9. The molecule has 0 saturated carbocycles. The van der Waals surface area contributed by atoms with Crippen LogP contribution in [0.15, 0.2) is 53.6 Å². The number of pyridine rings is 1. The van der Waals surface area contributed by atoms with Crippen molar-refractivity contribution in [3.8, 4) is 0 Å². The largest absolute Gasteiger partial charge is 0.416 e. The summed E-state index contributed by atoms with van der Waals surface area (Å²) in [5.74, 6) is -2.12. The minimum Gasteiger partial charge on any atom is -0.372 e. The van der Waals surface area contributed by atoms with Crippen LogP contribution in [0, 0.1) is 11.6 Å². The quantitative estimate of drug-likeness (QED) is 0.317. The molecule has 0 radical (unpaired) electrons. The van der Waals surface area contributed by atoms with E-state index in [2.05, 4.69) is 15.6 Å². The summed E-state index contributed by atoms with van der Waals surface area (Å²) in [6.45, 7) is 0.832. The van der Waals surface area contributed by atoms with Crippen molar-refractivity contribution in [2.24, 2.45) is 0 Å². The van der Waals surface area contributed by atoms with Crippen molar-refractivity contribution < 1.29 is 30.4 Å². The summed E-state index contributed by atoms with van der Waals surface area (Å²) in [4.78, 5) is 4.33. The van der Waals surface area contributed by atoms with Gasteiger partial charge in [-0.1, -0.05) is 11.6 Å². The molecule has 1 heterocycles. The van der Waals surface area contributed by atoms with E-state index in [1.54, 1.807) is 19.0 Å². The van der Waals surface area contributed by atoms with Crippen LogP contribution in [-0.2, 0) is 16.2 Å². The zero-order valence-electron chi connectivity index (χ0n) is 18.9. The molecule has 0 aliphatic carbocycles. The minimum absolute atomic E-state index is 0.0731. The summed E-state index contributed by atoms with van der Waals surface area (Å²) in [7, 11) is -1.20. The molecule has 7 nitrogen and oxygen atoms in total. The van der Waals surface area contributed by atoms with Crippen LogP contribution < -0.4 is 20.3 Å². The number of nitrogens with zero attached hydrogens (tertiary/aromatic N) is 2. The molecule has 1 aromatic heterocycles. The van der Waals surface area contributed by atoms with Gasteiger partial charge in [-0.05, 0) is 43.4 Å². The van der Waals surface area contributed by atoms with Gasteiger partial charge < -0.3 is 15.5 Å². The lowest BCUT2D eigenvalue weighted by Crippen LogP contribution is -2.28. The highest BCUT2D eigenvalue weighted by molar-refractivity contribution is 7.92. The molecule has 0 bridgehead atoms. The molecule has 3 aromatic rings. The third-order valence-electron chi connectivity index (χ3n) is 4.98. The van der Waals surface area contributed by atoms with Gasteiger partial charge in [-0.2, -0.15) is 13.2 Å². The Hall–Kier alpha value is -3.16. The third kappa shape index (κ3) is 6.53. The van der Waals surface area contributed by atoms with Crippen molar-refractivity contribution in [1.29, 1.82) is 0 Å². The van der Waals surface area contributed by atoms with E-state index in [0.717, 1.165) is 42.6 Å². The molecule has 0 unspecified atom stereocenters. The fourth-order valence-electron chi connectivity index (χ4n) is 3.13. The molecule has 3 N–H and O–H groups in total. The van der Waals surface area contributed by atoms with Crippen molar-refractivity contribution in [1.82, 2.24) is 10.3 Å². The summed E-state index contributed by atoms with van der Waals surface area (Å²) in [6, 6.07) is 6.66. The van der Waals surface area contributed by atoms with Crippen LogP contribution in [0.4, 0.5) is 44.8 Å². The molecule has 3 rings (SSSR count). The Labute approximate surface area is 209 Å². The van der Waals surface area contributed by atoms with Gasteiger partial charge in [0.1, 0.15) is 22.3 Å². The van der Waals surface area contributed by atoms with Gasteiger partial charge in [0.05, 0.1) is 33.8 Å². The highest BCUT2D eigenvalue weighted by Gasteiger charge is 2.31. The highest BCUT2D eigenvalue weighted by Crippen LogP contribution is 2.38. The van der Waals surface area contributed by atoms with Gasteiger partial charge in [0.25, 0.3) is 10.0 Å². The van der Waals surface area contributed by atoms with Crippen LogP contribution in [0.3, 0.4) is 0 Å². The lowest BCUT2D eigenvalue weighted by Gasteiger charge is -2.24. The smallest absolute Gasteiger partial charge is 0.372 e. The number of nitrogens with one attached hydrogen (secondary N) is 3. The Morgan fingerprint density at radius 3 is 2.39 bits per heavy atom. The van der Waals surface area contributed by atoms with Gasteiger partial charge in [0.15, 0.2) is 0 Å². The van der Waals surface area contributed by atoms with Crippen molar-refractivity contribution in [2.75, 3.05) is 42.1 Å². The van der Waals surface area contributed by atoms with E-state index in [9.17, 15) is 30.4 Å². The van der Waals surface area contributed by atoms with Gasteiger partial charge >= 0.3 is 6.18 Å². The number of benzene rings is 2. The van der Waals surface area contributed by atoms with E-state index >= 15 is 0 Å². The predicted octanol–water partition coefficient (Wildman–Crippen LogP) is 5.23. The number of likely N-dealkylation sites (N-methyl/N-ethyl adjacent to an activating group) is 2. The number of sulfonamides is 1. The number of rotatable bonds is 9. The van der Waals surface area contributed by atoms with Crippen molar-refractivity contribution in [3.05, 3.63) is 70.9 Å². The van der Waals surface area contributed by atoms with E-state index < -0.39 is 38.3 Å². The second-order valence-electron chi connectivity index (χ2n) is 7.61. The first kappa shape index (κ1) is 27.4. The molecule has 36 heavy (non-hydrogen) atoms. The van der Waals surface area contributed by atoms with Crippen LogP contribution >= 0.6 is 11.6 Å². The summed E-state index contributed by atoms with van der Waals surface area (Å²) >= 11 is 6.21. The Bertz CT molecular complexity index is 1340. The number of hydrogen-bond donors (Lipinski definition) is 3. The minimum atomic E-state index is -4.58. The van der Waals surface area contributed by atoms with E-state index in [1.807, 2.05) is 4.72 Å². The summed E-state index contributed by atoms with van der Waals surface area (Å²) in [6.07, 6.45) is -3.80. The summed E-state index contributed by atoms with van der Waals surface area (Å²) in [5, 5.41) is 5.46. The van der Waals surface area contributed by atoms with Crippen LogP contribution in [0.5, 0.6) is 0 Å². The van der Waals surface area contributed by atoms with E-state index in [4.69, 9.17) is 11.6 Å².